The van der Waals surface area contributed by atoms with E-state index in [1.54, 1.807) is 11.9 Å². The van der Waals surface area contributed by atoms with Crippen LogP contribution in [0.5, 0.6) is 5.75 Å². The van der Waals surface area contributed by atoms with Crippen molar-refractivity contribution in [1.82, 2.24) is 4.90 Å². The van der Waals surface area contributed by atoms with Gasteiger partial charge in [-0.2, -0.15) is 0 Å². The molecule has 21 heavy (non-hydrogen) atoms. The molecule has 0 aromatic heterocycles. The number of fused-ring (bicyclic) bond motifs is 1. The predicted octanol–water partition coefficient (Wildman–Crippen LogP) is 3.30. The normalized spacial score (nSPS) is 16.2. The molecule has 3 nitrogen and oxygen atoms in total. The van der Waals surface area contributed by atoms with Crippen molar-refractivity contribution in [3.8, 4) is 5.75 Å². The second-order valence-electron chi connectivity index (χ2n) is 5.20. The summed E-state index contributed by atoms with van der Waals surface area (Å²) in [4.78, 5) is 14.2. The van der Waals surface area contributed by atoms with Crippen LogP contribution in [0.25, 0.3) is 0 Å². The Balaban J connectivity index is 1.68. The lowest BCUT2D eigenvalue weighted by atomic mass is 10.1. The fourth-order valence-corrected chi connectivity index (χ4v) is 2.72. The van der Waals surface area contributed by atoms with Crippen molar-refractivity contribution in [2.24, 2.45) is 0 Å². The Morgan fingerprint density at radius 1 is 1.24 bits per heavy atom. The Morgan fingerprint density at radius 2 is 1.95 bits per heavy atom. The van der Waals surface area contributed by atoms with Crippen LogP contribution in [0.4, 0.5) is 0 Å². The van der Waals surface area contributed by atoms with Gasteiger partial charge in [-0.1, -0.05) is 48.0 Å². The van der Waals surface area contributed by atoms with Crippen LogP contribution in [0.15, 0.2) is 48.5 Å². The number of benzene rings is 2. The monoisotopic (exact) mass is 301 g/mol. The highest BCUT2D eigenvalue weighted by Crippen LogP contribution is 2.29. The number of carbonyl (C=O) groups is 1. The van der Waals surface area contributed by atoms with Crippen molar-refractivity contribution in [2.75, 3.05) is 7.05 Å². The first-order valence-electron chi connectivity index (χ1n) is 6.88. The Labute approximate surface area is 129 Å². The first-order chi connectivity index (χ1) is 10.1. The minimum atomic E-state index is -0.435. The molecule has 1 aliphatic rings. The summed E-state index contributed by atoms with van der Waals surface area (Å²) < 4.78 is 5.73. The number of rotatable bonds is 3. The van der Waals surface area contributed by atoms with Crippen LogP contribution in [0, 0.1) is 0 Å². The van der Waals surface area contributed by atoms with E-state index in [1.165, 1.54) is 0 Å². The Hall–Kier alpha value is -2.00. The Morgan fingerprint density at radius 3 is 2.71 bits per heavy atom. The second kappa shape index (κ2) is 5.78. The van der Waals surface area contributed by atoms with Gasteiger partial charge in [-0.05, 0) is 23.3 Å². The van der Waals surface area contributed by atoms with E-state index < -0.39 is 6.10 Å². The van der Waals surface area contributed by atoms with Gasteiger partial charge in [-0.15, -0.1) is 0 Å². The van der Waals surface area contributed by atoms with Gasteiger partial charge in [-0.3, -0.25) is 4.79 Å². The molecule has 0 bridgehead atoms. The lowest BCUT2D eigenvalue weighted by molar-refractivity contribution is -0.137. The molecule has 1 amide bonds. The summed E-state index contributed by atoms with van der Waals surface area (Å²) >= 11 is 6.14. The maximum atomic E-state index is 12.5. The van der Waals surface area contributed by atoms with Crippen LogP contribution in [0.2, 0.25) is 5.02 Å². The topological polar surface area (TPSA) is 29.5 Å². The van der Waals surface area contributed by atoms with Gasteiger partial charge in [-0.25, -0.2) is 0 Å². The van der Waals surface area contributed by atoms with E-state index >= 15 is 0 Å². The molecule has 1 unspecified atom stereocenters. The zero-order valence-corrected chi connectivity index (χ0v) is 12.5. The van der Waals surface area contributed by atoms with E-state index in [0.29, 0.717) is 18.0 Å². The largest absolute Gasteiger partial charge is 0.480 e. The lowest BCUT2D eigenvalue weighted by Gasteiger charge is -2.21. The summed E-state index contributed by atoms with van der Waals surface area (Å²) in [6.45, 7) is 0.481. The van der Waals surface area contributed by atoms with Crippen LogP contribution in [-0.4, -0.2) is 24.0 Å². The highest BCUT2D eigenvalue weighted by atomic mass is 35.5. The van der Waals surface area contributed by atoms with E-state index in [2.05, 4.69) is 0 Å². The number of likely N-dealkylation sites (N-methyl/N-ethyl adjacent to an activating group) is 1. The highest BCUT2D eigenvalue weighted by Gasteiger charge is 2.30. The van der Waals surface area contributed by atoms with Gasteiger partial charge in [0.05, 0.1) is 0 Å². The molecule has 108 valence electrons. The van der Waals surface area contributed by atoms with Crippen LogP contribution >= 0.6 is 11.6 Å². The zero-order valence-electron chi connectivity index (χ0n) is 11.8. The molecule has 2 aromatic rings. The van der Waals surface area contributed by atoms with Crippen molar-refractivity contribution in [1.29, 1.82) is 0 Å². The Bertz CT molecular complexity index is 646. The molecule has 3 rings (SSSR count). The molecule has 0 saturated carbocycles. The summed E-state index contributed by atoms with van der Waals surface area (Å²) in [5, 5.41) is 0.674. The zero-order chi connectivity index (χ0) is 14.8. The number of halogens is 1. The van der Waals surface area contributed by atoms with Gasteiger partial charge >= 0.3 is 0 Å². The summed E-state index contributed by atoms with van der Waals surface area (Å²) in [5.74, 6) is 0.785. The number of hydrogen-bond acceptors (Lipinski definition) is 2. The summed E-state index contributed by atoms with van der Waals surface area (Å²) in [5.41, 5.74) is 2.02. The number of ether oxygens (including phenoxy) is 1. The quantitative estimate of drug-likeness (QED) is 0.870. The molecular weight excluding hydrogens is 286 g/mol. The minimum absolute atomic E-state index is 0.0221. The number of carbonyl (C=O) groups excluding carboxylic acids is 1. The van der Waals surface area contributed by atoms with Gasteiger partial charge in [0, 0.05) is 25.0 Å². The SMILES string of the molecule is CN(Cc1ccccc1Cl)C(=O)C1Cc2ccccc2O1. The molecular formula is C17H16ClNO2. The van der Waals surface area contributed by atoms with Crippen LogP contribution < -0.4 is 4.74 Å². The second-order valence-corrected chi connectivity index (χ2v) is 5.61. The third-order valence-corrected chi connectivity index (χ3v) is 4.03. The van der Waals surface area contributed by atoms with Crippen molar-refractivity contribution >= 4 is 17.5 Å². The van der Waals surface area contributed by atoms with Gasteiger partial charge < -0.3 is 9.64 Å². The van der Waals surface area contributed by atoms with Crippen LogP contribution in [0.3, 0.4) is 0 Å². The number of amides is 1. The maximum absolute atomic E-state index is 12.5. The highest BCUT2D eigenvalue weighted by molar-refractivity contribution is 6.31. The summed E-state index contributed by atoms with van der Waals surface area (Å²) in [7, 11) is 1.78. The molecule has 0 fully saturated rings. The van der Waals surface area contributed by atoms with E-state index in [0.717, 1.165) is 16.9 Å². The predicted molar refractivity (Wildman–Crippen MR) is 82.5 cm³/mol. The van der Waals surface area contributed by atoms with E-state index in [-0.39, 0.29) is 5.91 Å². The van der Waals surface area contributed by atoms with Crippen molar-refractivity contribution in [3.63, 3.8) is 0 Å². The van der Waals surface area contributed by atoms with Gasteiger partial charge in [0.25, 0.3) is 5.91 Å². The van der Waals surface area contributed by atoms with Crippen LogP contribution in [0.1, 0.15) is 11.1 Å². The third-order valence-electron chi connectivity index (χ3n) is 3.66. The van der Waals surface area contributed by atoms with Gasteiger partial charge in [0.15, 0.2) is 6.10 Å². The number of hydrogen-bond donors (Lipinski definition) is 0. The molecule has 0 N–H and O–H groups in total. The van der Waals surface area contributed by atoms with Gasteiger partial charge in [0.1, 0.15) is 5.75 Å². The molecule has 0 spiro atoms. The van der Waals surface area contributed by atoms with Gasteiger partial charge in [0.2, 0.25) is 0 Å². The fraction of sp³-hybridized carbons (Fsp3) is 0.235. The first-order valence-corrected chi connectivity index (χ1v) is 7.26. The van der Waals surface area contributed by atoms with E-state index in [1.807, 2.05) is 48.5 Å². The third kappa shape index (κ3) is 2.88. The van der Waals surface area contributed by atoms with E-state index in [9.17, 15) is 4.79 Å². The first kappa shape index (κ1) is 14.0. The molecule has 0 saturated heterocycles. The average Bonchev–Trinajstić information content (AvgIpc) is 2.92. The minimum Gasteiger partial charge on any atom is -0.480 e. The standard InChI is InChI=1S/C17H16ClNO2/c1-19(11-13-7-2-4-8-14(13)18)17(20)16-10-12-6-3-5-9-15(12)21-16/h2-9,16H,10-11H2,1H3. The molecule has 1 aliphatic heterocycles. The number of para-hydroxylation sites is 1. The molecule has 4 heteroatoms. The molecule has 2 aromatic carbocycles. The molecule has 0 aliphatic carbocycles. The van der Waals surface area contributed by atoms with Crippen LogP contribution in [-0.2, 0) is 17.8 Å². The summed E-state index contributed by atoms with van der Waals surface area (Å²) in [6.07, 6.45) is 0.192. The van der Waals surface area contributed by atoms with E-state index in [4.69, 9.17) is 16.3 Å². The Kier molecular flexibility index (Phi) is 3.84. The van der Waals surface area contributed by atoms with Crippen molar-refractivity contribution < 1.29 is 9.53 Å². The van der Waals surface area contributed by atoms with Crippen molar-refractivity contribution in [2.45, 2.75) is 19.1 Å². The fourth-order valence-electron chi connectivity index (χ4n) is 2.53. The maximum Gasteiger partial charge on any atom is 0.264 e. The average molecular weight is 302 g/mol. The molecule has 0 radical (unpaired) electrons. The molecule has 1 atom stereocenters. The smallest absolute Gasteiger partial charge is 0.264 e. The molecule has 1 heterocycles. The van der Waals surface area contributed by atoms with Crippen molar-refractivity contribution in [3.05, 3.63) is 64.7 Å². The summed E-state index contributed by atoms with van der Waals surface area (Å²) in [6, 6.07) is 15.3. The lowest BCUT2D eigenvalue weighted by Crippen LogP contribution is -2.38. The number of nitrogens with zero attached hydrogens (tertiary/aromatic N) is 1.